The lowest BCUT2D eigenvalue weighted by Crippen LogP contribution is -2.58. The second-order valence-corrected chi connectivity index (χ2v) is 7.34. The van der Waals surface area contributed by atoms with Gasteiger partial charge in [0.25, 0.3) is 5.91 Å². The van der Waals surface area contributed by atoms with Crippen LogP contribution in [-0.4, -0.2) is 65.0 Å². The highest BCUT2D eigenvalue weighted by Crippen LogP contribution is 2.32. The Morgan fingerprint density at radius 3 is 2.74 bits per heavy atom. The molecule has 6 heteroatoms. The topological polar surface area (TPSA) is 62.7 Å². The number of ether oxygens (including phenoxy) is 1. The maximum absolute atomic E-state index is 13.2. The number of para-hydroxylation sites is 1. The summed E-state index contributed by atoms with van der Waals surface area (Å²) in [6.07, 6.45) is 1.89. The third-order valence-corrected chi connectivity index (χ3v) is 5.80. The molecule has 2 aliphatic heterocycles. The van der Waals surface area contributed by atoms with Crippen molar-refractivity contribution in [3.05, 3.63) is 42.1 Å². The number of hydrogen-bond acceptors (Lipinski definition) is 4. The Bertz CT molecular complexity index is 861. The number of amides is 2. The van der Waals surface area contributed by atoms with E-state index >= 15 is 0 Å². The van der Waals surface area contributed by atoms with Gasteiger partial charge in [0.2, 0.25) is 5.91 Å². The molecule has 27 heavy (non-hydrogen) atoms. The Hall–Kier alpha value is -2.47. The zero-order chi connectivity index (χ0) is 18.9. The molecule has 0 saturated carbocycles. The summed E-state index contributed by atoms with van der Waals surface area (Å²) >= 11 is 0. The molecule has 2 aliphatic rings. The number of likely N-dealkylation sites (N-methyl/N-ethyl adjacent to an activating group) is 1. The number of pyridine rings is 1. The SMILES string of the molecule is CCN1C(=O)CCN(C(=O)c2ccc3ccccc3n2)CC12CCOCC2. The van der Waals surface area contributed by atoms with E-state index in [0.717, 1.165) is 23.7 Å². The first-order valence-electron chi connectivity index (χ1n) is 9.66. The third-order valence-electron chi connectivity index (χ3n) is 5.80. The fourth-order valence-electron chi connectivity index (χ4n) is 4.36. The first kappa shape index (κ1) is 17.9. The monoisotopic (exact) mass is 367 g/mol. The molecule has 142 valence electrons. The average molecular weight is 367 g/mol. The van der Waals surface area contributed by atoms with Gasteiger partial charge in [0.15, 0.2) is 0 Å². The highest BCUT2D eigenvalue weighted by atomic mass is 16.5. The van der Waals surface area contributed by atoms with Crippen molar-refractivity contribution in [3.63, 3.8) is 0 Å². The van der Waals surface area contributed by atoms with Crippen LogP contribution in [0.4, 0.5) is 0 Å². The third kappa shape index (κ3) is 3.30. The minimum atomic E-state index is -0.326. The second kappa shape index (κ2) is 7.27. The van der Waals surface area contributed by atoms with Gasteiger partial charge in [0.05, 0.1) is 11.1 Å². The molecule has 0 aliphatic carbocycles. The summed E-state index contributed by atoms with van der Waals surface area (Å²) in [6, 6.07) is 11.5. The summed E-state index contributed by atoms with van der Waals surface area (Å²) in [6.45, 7) is 4.90. The van der Waals surface area contributed by atoms with Crippen LogP contribution in [0.2, 0.25) is 0 Å². The van der Waals surface area contributed by atoms with Gasteiger partial charge < -0.3 is 14.5 Å². The fraction of sp³-hybridized carbons (Fsp3) is 0.476. The van der Waals surface area contributed by atoms with Gasteiger partial charge in [-0.2, -0.15) is 0 Å². The van der Waals surface area contributed by atoms with E-state index < -0.39 is 0 Å². The van der Waals surface area contributed by atoms with Crippen LogP contribution in [0.3, 0.4) is 0 Å². The van der Waals surface area contributed by atoms with E-state index in [1.807, 2.05) is 47.1 Å². The van der Waals surface area contributed by atoms with Gasteiger partial charge >= 0.3 is 0 Å². The standard InChI is InChI=1S/C21H25N3O3/c1-2-24-19(25)9-12-23(15-21(24)10-13-27-14-11-21)20(26)18-8-7-16-5-3-4-6-17(16)22-18/h3-8H,2,9-15H2,1H3. The molecule has 2 amide bonds. The Morgan fingerprint density at radius 1 is 1.19 bits per heavy atom. The quantitative estimate of drug-likeness (QED) is 0.818. The van der Waals surface area contributed by atoms with Crippen LogP contribution in [0.1, 0.15) is 36.7 Å². The summed E-state index contributed by atoms with van der Waals surface area (Å²) in [7, 11) is 0. The van der Waals surface area contributed by atoms with E-state index in [1.54, 1.807) is 6.07 Å². The lowest BCUT2D eigenvalue weighted by molar-refractivity contribution is -0.139. The molecule has 1 aromatic heterocycles. The van der Waals surface area contributed by atoms with E-state index in [4.69, 9.17) is 4.74 Å². The van der Waals surface area contributed by atoms with Crippen LogP contribution < -0.4 is 0 Å². The van der Waals surface area contributed by atoms with Crippen molar-refractivity contribution in [2.45, 2.75) is 31.7 Å². The number of hydrogen-bond donors (Lipinski definition) is 0. The molecule has 0 N–H and O–H groups in total. The Labute approximate surface area is 159 Å². The summed E-state index contributed by atoms with van der Waals surface area (Å²) in [5.41, 5.74) is 0.922. The maximum Gasteiger partial charge on any atom is 0.272 e. The number of aromatic nitrogens is 1. The molecule has 0 radical (unpaired) electrons. The molecule has 6 nitrogen and oxygen atoms in total. The van der Waals surface area contributed by atoms with E-state index in [0.29, 0.717) is 45.0 Å². The zero-order valence-electron chi connectivity index (χ0n) is 15.7. The van der Waals surface area contributed by atoms with Crippen molar-refractivity contribution >= 4 is 22.7 Å². The van der Waals surface area contributed by atoms with Crippen molar-refractivity contribution in [1.29, 1.82) is 0 Å². The molecular formula is C21H25N3O3. The predicted molar refractivity (Wildman–Crippen MR) is 102 cm³/mol. The summed E-state index contributed by atoms with van der Waals surface area (Å²) in [5.74, 6) is 0.0264. The highest BCUT2D eigenvalue weighted by molar-refractivity contribution is 5.95. The van der Waals surface area contributed by atoms with Gasteiger partial charge in [-0.05, 0) is 31.9 Å². The smallest absolute Gasteiger partial charge is 0.272 e. The Balaban J connectivity index is 1.65. The maximum atomic E-state index is 13.2. The van der Waals surface area contributed by atoms with E-state index in [1.165, 1.54) is 0 Å². The summed E-state index contributed by atoms with van der Waals surface area (Å²) in [4.78, 5) is 34.3. The Kier molecular flexibility index (Phi) is 4.83. The Morgan fingerprint density at radius 2 is 1.96 bits per heavy atom. The van der Waals surface area contributed by atoms with Gasteiger partial charge in [-0.25, -0.2) is 4.98 Å². The van der Waals surface area contributed by atoms with Crippen LogP contribution in [0.15, 0.2) is 36.4 Å². The number of rotatable bonds is 2. The minimum Gasteiger partial charge on any atom is -0.381 e. The minimum absolute atomic E-state index is 0.0997. The van der Waals surface area contributed by atoms with E-state index in [2.05, 4.69) is 4.98 Å². The van der Waals surface area contributed by atoms with Gasteiger partial charge in [-0.15, -0.1) is 0 Å². The summed E-state index contributed by atoms with van der Waals surface area (Å²) < 4.78 is 5.54. The van der Waals surface area contributed by atoms with Crippen LogP contribution in [0.25, 0.3) is 10.9 Å². The van der Waals surface area contributed by atoms with Gasteiger partial charge in [0, 0.05) is 44.7 Å². The largest absolute Gasteiger partial charge is 0.381 e. The number of carbonyl (C=O) groups excluding carboxylic acids is 2. The first-order chi connectivity index (χ1) is 13.1. The molecule has 0 atom stereocenters. The molecule has 4 rings (SSSR count). The molecule has 1 aromatic carbocycles. The van der Waals surface area contributed by atoms with Gasteiger partial charge in [-0.1, -0.05) is 24.3 Å². The lowest BCUT2D eigenvalue weighted by atomic mass is 9.87. The van der Waals surface area contributed by atoms with Crippen molar-refractivity contribution in [1.82, 2.24) is 14.8 Å². The lowest BCUT2D eigenvalue weighted by Gasteiger charge is -2.46. The zero-order valence-corrected chi connectivity index (χ0v) is 15.7. The number of carbonyl (C=O) groups is 2. The number of nitrogens with zero attached hydrogens (tertiary/aromatic N) is 3. The number of fused-ring (bicyclic) bond motifs is 1. The molecule has 0 unspecified atom stereocenters. The van der Waals surface area contributed by atoms with Crippen molar-refractivity contribution in [3.8, 4) is 0 Å². The van der Waals surface area contributed by atoms with Crippen LogP contribution in [-0.2, 0) is 9.53 Å². The fourth-order valence-corrected chi connectivity index (χ4v) is 4.36. The molecule has 2 fully saturated rings. The molecule has 0 bridgehead atoms. The number of benzene rings is 1. The summed E-state index contributed by atoms with van der Waals surface area (Å²) in [5, 5.41) is 1.01. The average Bonchev–Trinajstić information content (AvgIpc) is 2.84. The normalized spacial score (nSPS) is 20.1. The highest BCUT2D eigenvalue weighted by Gasteiger charge is 2.44. The second-order valence-electron chi connectivity index (χ2n) is 7.34. The van der Waals surface area contributed by atoms with E-state index in [9.17, 15) is 9.59 Å². The van der Waals surface area contributed by atoms with Crippen LogP contribution >= 0.6 is 0 Å². The predicted octanol–water partition coefficient (Wildman–Crippen LogP) is 2.48. The van der Waals surface area contributed by atoms with Gasteiger partial charge in [-0.3, -0.25) is 9.59 Å². The van der Waals surface area contributed by atoms with Gasteiger partial charge in [0.1, 0.15) is 5.69 Å². The van der Waals surface area contributed by atoms with Crippen LogP contribution in [0.5, 0.6) is 0 Å². The molecular weight excluding hydrogens is 342 g/mol. The van der Waals surface area contributed by atoms with E-state index in [-0.39, 0.29) is 17.4 Å². The molecule has 3 heterocycles. The molecule has 2 saturated heterocycles. The van der Waals surface area contributed by atoms with Crippen LogP contribution in [0, 0.1) is 0 Å². The van der Waals surface area contributed by atoms with Crippen molar-refractivity contribution < 1.29 is 14.3 Å². The molecule has 2 aromatic rings. The van der Waals surface area contributed by atoms with Crippen molar-refractivity contribution in [2.75, 3.05) is 32.8 Å². The first-order valence-corrected chi connectivity index (χ1v) is 9.66. The molecule has 1 spiro atoms. The van der Waals surface area contributed by atoms with Crippen molar-refractivity contribution in [2.24, 2.45) is 0 Å².